The van der Waals surface area contributed by atoms with Crippen LogP contribution in [0.4, 0.5) is 11.8 Å². The molecule has 6 heteroatoms. The smallest absolute Gasteiger partial charge is 0.224 e. The first-order valence-electron chi connectivity index (χ1n) is 7.96. The molecule has 1 atom stereocenters. The van der Waals surface area contributed by atoms with E-state index in [1.165, 1.54) is 19.3 Å². The molecule has 1 fully saturated rings. The number of halogens is 1. The summed E-state index contributed by atoms with van der Waals surface area (Å²) in [6.45, 7) is 2.00. The van der Waals surface area contributed by atoms with Gasteiger partial charge in [0.05, 0.1) is 0 Å². The second kappa shape index (κ2) is 7.15. The Labute approximate surface area is 141 Å². The summed E-state index contributed by atoms with van der Waals surface area (Å²) in [5, 5.41) is 3.98. The molecule has 0 saturated carbocycles. The van der Waals surface area contributed by atoms with Gasteiger partial charge in [-0.15, -0.1) is 0 Å². The predicted octanol–water partition coefficient (Wildman–Crippen LogP) is 3.28. The number of hydrogen-bond acceptors (Lipinski definition) is 5. The third-order valence-electron chi connectivity index (χ3n) is 4.37. The quantitative estimate of drug-likeness (QED) is 0.900. The highest BCUT2D eigenvalue weighted by atomic mass is 35.5. The monoisotopic (exact) mass is 331 g/mol. The summed E-state index contributed by atoms with van der Waals surface area (Å²) >= 11 is 6.03. The fourth-order valence-corrected chi connectivity index (χ4v) is 3.16. The van der Waals surface area contributed by atoms with Crippen molar-refractivity contribution in [1.29, 1.82) is 0 Å². The second-order valence-corrected chi connectivity index (χ2v) is 6.45. The zero-order valence-corrected chi connectivity index (χ0v) is 14.1. The fourth-order valence-electron chi connectivity index (χ4n) is 2.97. The van der Waals surface area contributed by atoms with Crippen molar-refractivity contribution in [1.82, 2.24) is 14.9 Å². The molecule has 0 aliphatic carbocycles. The Morgan fingerprint density at radius 2 is 2.26 bits per heavy atom. The van der Waals surface area contributed by atoms with E-state index in [-0.39, 0.29) is 0 Å². The standard InChI is InChI=1S/C17H22ClN5/c1-23-8-3-2-7-14(23)10-20-17-21-11-15(16(19)22-17)12-5-4-6-13(18)9-12/h4-6,9,11,14H,2-3,7-8,10H2,1H3,(H3,19,20,21,22). The number of nitrogen functional groups attached to an aromatic ring is 1. The number of benzene rings is 1. The lowest BCUT2D eigenvalue weighted by atomic mass is 10.0. The number of anilines is 2. The first kappa shape index (κ1) is 16.0. The first-order valence-corrected chi connectivity index (χ1v) is 8.34. The van der Waals surface area contributed by atoms with Crippen LogP contribution >= 0.6 is 11.6 Å². The molecule has 0 bridgehead atoms. The number of likely N-dealkylation sites (N-methyl/N-ethyl adjacent to an activating group) is 1. The van der Waals surface area contributed by atoms with Gasteiger partial charge in [0.25, 0.3) is 0 Å². The Balaban J connectivity index is 1.69. The molecule has 122 valence electrons. The molecule has 1 aliphatic heterocycles. The average molecular weight is 332 g/mol. The van der Waals surface area contributed by atoms with Gasteiger partial charge in [0.15, 0.2) is 0 Å². The van der Waals surface area contributed by atoms with Gasteiger partial charge in [-0.1, -0.05) is 30.2 Å². The van der Waals surface area contributed by atoms with Crippen molar-refractivity contribution in [2.75, 3.05) is 31.2 Å². The maximum Gasteiger partial charge on any atom is 0.224 e. The summed E-state index contributed by atoms with van der Waals surface area (Å²) in [6, 6.07) is 8.06. The van der Waals surface area contributed by atoms with Crippen LogP contribution in [0.5, 0.6) is 0 Å². The average Bonchev–Trinajstić information content (AvgIpc) is 2.54. The number of rotatable bonds is 4. The van der Waals surface area contributed by atoms with E-state index in [0.29, 0.717) is 22.8 Å². The summed E-state index contributed by atoms with van der Waals surface area (Å²) < 4.78 is 0. The predicted molar refractivity (Wildman–Crippen MR) is 95.6 cm³/mol. The van der Waals surface area contributed by atoms with Gasteiger partial charge in [-0.3, -0.25) is 0 Å². The minimum absolute atomic E-state index is 0.460. The van der Waals surface area contributed by atoms with Crippen molar-refractivity contribution >= 4 is 23.4 Å². The highest BCUT2D eigenvalue weighted by Gasteiger charge is 2.18. The Morgan fingerprint density at radius 3 is 3.00 bits per heavy atom. The van der Waals surface area contributed by atoms with Crippen LogP contribution in [-0.2, 0) is 0 Å². The number of likely N-dealkylation sites (tertiary alicyclic amines) is 1. The lowest BCUT2D eigenvalue weighted by Crippen LogP contribution is -2.41. The zero-order chi connectivity index (χ0) is 16.2. The number of hydrogen-bond donors (Lipinski definition) is 2. The molecule has 3 N–H and O–H groups in total. The Morgan fingerprint density at radius 1 is 1.39 bits per heavy atom. The molecule has 2 aromatic rings. The van der Waals surface area contributed by atoms with Crippen molar-refractivity contribution in [3.05, 3.63) is 35.5 Å². The number of piperidine rings is 1. The van der Waals surface area contributed by atoms with Crippen molar-refractivity contribution in [2.24, 2.45) is 0 Å². The number of nitrogens with one attached hydrogen (secondary N) is 1. The second-order valence-electron chi connectivity index (χ2n) is 6.01. The number of nitrogens with zero attached hydrogens (tertiary/aromatic N) is 3. The summed E-state index contributed by atoms with van der Waals surface area (Å²) in [7, 11) is 2.17. The molecule has 1 saturated heterocycles. The number of aromatic nitrogens is 2. The van der Waals surface area contributed by atoms with E-state index in [0.717, 1.165) is 24.2 Å². The topological polar surface area (TPSA) is 67.1 Å². The Kier molecular flexibility index (Phi) is 4.98. The summed E-state index contributed by atoms with van der Waals surface area (Å²) in [5.41, 5.74) is 7.82. The molecule has 1 aromatic carbocycles. The van der Waals surface area contributed by atoms with Crippen LogP contribution in [0.2, 0.25) is 5.02 Å². The van der Waals surface area contributed by atoms with Gasteiger partial charge >= 0.3 is 0 Å². The van der Waals surface area contributed by atoms with E-state index in [2.05, 4.69) is 27.2 Å². The highest BCUT2D eigenvalue weighted by molar-refractivity contribution is 6.30. The van der Waals surface area contributed by atoms with Crippen LogP contribution in [0.3, 0.4) is 0 Å². The molecule has 0 amide bonds. The van der Waals surface area contributed by atoms with E-state index in [1.807, 2.05) is 24.3 Å². The SMILES string of the molecule is CN1CCCCC1CNc1ncc(-c2cccc(Cl)c2)c(N)n1. The fraction of sp³-hybridized carbons (Fsp3) is 0.412. The van der Waals surface area contributed by atoms with E-state index in [9.17, 15) is 0 Å². The molecule has 2 heterocycles. The van der Waals surface area contributed by atoms with E-state index < -0.39 is 0 Å². The largest absolute Gasteiger partial charge is 0.383 e. The zero-order valence-electron chi connectivity index (χ0n) is 13.3. The first-order chi connectivity index (χ1) is 11.1. The maximum absolute atomic E-state index is 6.09. The molecule has 1 aromatic heterocycles. The lowest BCUT2D eigenvalue weighted by molar-refractivity contribution is 0.194. The minimum Gasteiger partial charge on any atom is -0.383 e. The van der Waals surface area contributed by atoms with Crippen LogP contribution in [0.1, 0.15) is 19.3 Å². The molecular formula is C17H22ClN5. The van der Waals surface area contributed by atoms with Crippen molar-refractivity contribution in [3.63, 3.8) is 0 Å². The summed E-state index contributed by atoms with van der Waals surface area (Å²) in [5.74, 6) is 1.04. The molecule has 23 heavy (non-hydrogen) atoms. The Hall–Kier alpha value is -1.85. The van der Waals surface area contributed by atoms with Gasteiger partial charge in [-0.2, -0.15) is 4.98 Å². The van der Waals surface area contributed by atoms with E-state index in [4.69, 9.17) is 17.3 Å². The Bertz CT molecular complexity index is 676. The molecule has 1 aliphatic rings. The minimum atomic E-state index is 0.460. The van der Waals surface area contributed by atoms with Crippen molar-refractivity contribution in [3.8, 4) is 11.1 Å². The van der Waals surface area contributed by atoms with Gasteiger partial charge in [-0.05, 0) is 44.1 Å². The lowest BCUT2D eigenvalue weighted by Gasteiger charge is -2.32. The maximum atomic E-state index is 6.09. The van der Waals surface area contributed by atoms with Crippen LogP contribution < -0.4 is 11.1 Å². The van der Waals surface area contributed by atoms with Gasteiger partial charge in [0.2, 0.25) is 5.95 Å². The van der Waals surface area contributed by atoms with Crippen LogP contribution in [-0.4, -0.2) is 41.0 Å². The molecule has 5 nitrogen and oxygen atoms in total. The summed E-state index contributed by atoms with van der Waals surface area (Å²) in [4.78, 5) is 11.2. The highest BCUT2D eigenvalue weighted by Crippen LogP contribution is 2.26. The van der Waals surface area contributed by atoms with Gasteiger partial charge in [-0.25, -0.2) is 4.98 Å². The number of nitrogens with two attached hydrogens (primary N) is 1. The third kappa shape index (κ3) is 3.92. The summed E-state index contributed by atoms with van der Waals surface area (Å²) in [6.07, 6.45) is 5.53. The van der Waals surface area contributed by atoms with Crippen LogP contribution in [0.15, 0.2) is 30.5 Å². The van der Waals surface area contributed by atoms with E-state index in [1.54, 1.807) is 6.20 Å². The van der Waals surface area contributed by atoms with Gasteiger partial charge in [0, 0.05) is 29.4 Å². The van der Waals surface area contributed by atoms with E-state index >= 15 is 0 Å². The third-order valence-corrected chi connectivity index (χ3v) is 4.61. The van der Waals surface area contributed by atoms with Crippen molar-refractivity contribution in [2.45, 2.75) is 25.3 Å². The van der Waals surface area contributed by atoms with Gasteiger partial charge < -0.3 is 16.0 Å². The molecule has 0 radical (unpaired) electrons. The van der Waals surface area contributed by atoms with Crippen LogP contribution in [0.25, 0.3) is 11.1 Å². The molecule has 1 unspecified atom stereocenters. The molecule has 0 spiro atoms. The van der Waals surface area contributed by atoms with Gasteiger partial charge in [0.1, 0.15) is 5.82 Å². The molecular weight excluding hydrogens is 310 g/mol. The van der Waals surface area contributed by atoms with Crippen LogP contribution in [0, 0.1) is 0 Å². The normalized spacial score (nSPS) is 18.8. The van der Waals surface area contributed by atoms with Crippen molar-refractivity contribution < 1.29 is 0 Å². The molecule has 3 rings (SSSR count).